The molecule has 0 aliphatic carbocycles. The van der Waals surface area contributed by atoms with Gasteiger partial charge in [0.1, 0.15) is 29.5 Å². The number of nitrogens with zero attached hydrogens (tertiary/aromatic N) is 3. The Kier molecular flexibility index (Phi) is 5.50. The number of carbonyl (C=O) groups is 1. The van der Waals surface area contributed by atoms with Crippen molar-refractivity contribution in [3.63, 3.8) is 0 Å². The van der Waals surface area contributed by atoms with Gasteiger partial charge in [-0.3, -0.25) is 4.79 Å². The summed E-state index contributed by atoms with van der Waals surface area (Å²) < 4.78 is 1.43. The second-order valence-corrected chi connectivity index (χ2v) is 7.12. The molecular formula is C25H21N5O. The van der Waals surface area contributed by atoms with E-state index in [-0.39, 0.29) is 6.54 Å². The quantitative estimate of drug-likeness (QED) is 0.457. The third kappa shape index (κ3) is 3.77. The summed E-state index contributed by atoms with van der Waals surface area (Å²) in [6.07, 6.45) is 1.44. The number of amides is 1. The number of aromatic nitrogens is 2. The summed E-state index contributed by atoms with van der Waals surface area (Å²) in [6.45, 7) is -0.140. The number of primary amides is 1. The van der Waals surface area contributed by atoms with Crippen LogP contribution in [0.4, 0.5) is 5.82 Å². The molecule has 0 spiro atoms. The number of rotatable bonds is 7. The number of anilines is 1. The molecule has 1 aromatic heterocycles. The molecule has 0 bridgehead atoms. The van der Waals surface area contributed by atoms with Gasteiger partial charge in [0.05, 0.1) is 6.20 Å². The molecule has 0 fully saturated rings. The van der Waals surface area contributed by atoms with Gasteiger partial charge in [-0.2, -0.15) is 10.4 Å². The Labute approximate surface area is 180 Å². The normalized spacial score (nSPS) is 10.9. The first-order chi connectivity index (χ1) is 15.1. The molecule has 31 heavy (non-hydrogen) atoms. The molecule has 0 unspecified atom stereocenters. The first-order valence-electron chi connectivity index (χ1n) is 9.84. The molecule has 1 heterocycles. The van der Waals surface area contributed by atoms with E-state index in [4.69, 9.17) is 5.73 Å². The zero-order valence-corrected chi connectivity index (χ0v) is 16.8. The van der Waals surface area contributed by atoms with E-state index in [2.05, 4.69) is 16.5 Å². The van der Waals surface area contributed by atoms with Crippen molar-refractivity contribution in [1.82, 2.24) is 9.78 Å². The molecule has 0 radical (unpaired) electrons. The van der Waals surface area contributed by atoms with Crippen molar-refractivity contribution in [3.8, 4) is 6.07 Å². The molecule has 0 aliphatic rings. The number of nitriles is 1. The number of hydrogen-bond donors (Lipinski definition) is 2. The van der Waals surface area contributed by atoms with E-state index in [1.807, 2.05) is 91.0 Å². The molecule has 0 saturated carbocycles. The summed E-state index contributed by atoms with van der Waals surface area (Å²) in [7, 11) is 0. The van der Waals surface area contributed by atoms with Crippen molar-refractivity contribution in [3.05, 3.63) is 119 Å². The van der Waals surface area contributed by atoms with Gasteiger partial charge in [-0.1, -0.05) is 91.0 Å². The van der Waals surface area contributed by atoms with Gasteiger partial charge in [0.2, 0.25) is 5.91 Å². The van der Waals surface area contributed by atoms with Crippen LogP contribution >= 0.6 is 0 Å². The van der Waals surface area contributed by atoms with E-state index >= 15 is 0 Å². The lowest BCUT2D eigenvalue weighted by Crippen LogP contribution is -2.39. The van der Waals surface area contributed by atoms with Gasteiger partial charge in [-0.25, -0.2) is 4.68 Å². The van der Waals surface area contributed by atoms with Crippen LogP contribution in [0.15, 0.2) is 97.2 Å². The van der Waals surface area contributed by atoms with Gasteiger partial charge < -0.3 is 11.1 Å². The highest BCUT2D eigenvalue weighted by atomic mass is 16.1. The molecule has 1 amide bonds. The molecule has 152 valence electrons. The topological polar surface area (TPSA) is 96.7 Å². The van der Waals surface area contributed by atoms with Gasteiger partial charge in [-0.15, -0.1) is 0 Å². The van der Waals surface area contributed by atoms with Gasteiger partial charge >= 0.3 is 0 Å². The van der Waals surface area contributed by atoms with E-state index < -0.39 is 11.4 Å². The molecule has 0 saturated heterocycles. The van der Waals surface area contributed by atoms with Crippen LogP contribution in [0.2, 0.25) is 0 Å². The molecule has 4 rings (SSSR count). The first kappa shape index (κ1) is 19.9. The average molecular weight is 407 g/mol. The lowest BCUT2D eigenvalue weighted by molar-refractivity contribution is -0.118. The molecule has 0 atom stereocenters. The van der Waals surface area contributed by atoms with E-state index in [1.54, 1.807) is 0 Å². The van der Waals surface area contributed by atoms with Crippen molar-refractivity contribution in [2.24, 2.45) is 5.73 Å². The Morgan fingerprint density at radius 1 is 0.903 bits per heavy atom. The zero-order valence-electron chi connectivity index (χ0n) is 16.8. The second kappa shape index (κ2) is 8.56. The van der Waals surface area contributed by atoms with Crippen LogP contribution in [0.5, 0.6) is 0 Å². The fourth-order valence-corrected chi connectivity index (χ4v) is 3.83. The van der Waals surface area contributed by atoms with Gasteiger partial charge in [-0.05, 0) is 16.7 Å². The summed E-state index contributed by atoms with van der Waals surface area (Å²) in [5, 5.41) is 17.5. The SMILES string of the molecule is N#Cc1cnn(CC(N)=O)c1NC(c1ccccc1)(c1ccccc1)c1ccccc1. The predicted octanol–water partition coefficient (Wildman–Crippen LogP) is 3.64. The molecule has 6 nitrogen and oxygen atoms in total. The smallest absolute Gasteiger partial charge is 0.239 e. The molecule has 0 aliphatic heterocycles. The third-order valence-corrected chi connectivity index (χ3v) is 5.19. The molecule has 6 heteroatoms. The summed E-state index contributed by atoms with van der Waals surface area (Å²) in [5.41, 5.74) is 7.84. The monoisotopic (exact) mass is 407 g/mol. The summed E-state index contributed by atoms with van der Waals surface area (Å²) in [5.74, 6) is -0.113. The Balaban J connectivity index is 2.02. The van der Waals surface area contributed by atoms with Crippen LogP contribution in [-0.2, 0) is 16.9 Å². The van der Waals surface area contributed by atoms with E-state index in [0.29, 0.717) is 11.4 Å². The fraction of sp³-hybridized carbons (Fsp3) is 0.0800. The fourth-order valence-electron chi connectivity index (χ4n) is 3.83. The third-order valence-electron chi connectivity index (χ3n) is 5.19. The molecule has 3 aromatic carbocycles. The summed E-state index contributed by atoms with van der Waals surface area (Å²) in [4.78, 5) is 11.6. The highest BCUT2D eigenvalue weighted by Gasteiger charge is 2.38. The van der Waals surface area contributed by atoms with Crippen LogP contribution in [-0.4, -0.2) is 15.7 Å². The van der Waals surface area contributed by atoms with Crippen molar-refractivity contribution in [2.75, 3.05) is 5.32 Å². The lowest BCUT2D eigenvalue weighted by Gasteiger charge is -2.37. The van der Waals surface area contributed by atoms with E-state index in [1.165, 1.54) is 10.9 Å². The minimum Gasteiger partial charge on any atom is -0.368 e. The Hall–Kier alpha value is -4.37. The highest BCUT2D eigenvalue weighted by Crippen LogP contribution is 2.40. The van der Waals surface area contributed by atoms with Gasteiger partial charge in [0, 0.05) is 0 Å². The first-order valence-corrected chi connectivity index (χ1v) is 9.84. The van der Waals surface area contributed by atoms with Crippen molar-refractivity contribution >= 4 is 11.7 Å². The largest absolute Gasteiger partial charge is 0.368 e. The van der Waals surface area contributed by atoms with Crippen molar-refractivity contribution in [2.45, 2.75) is 12.1 Å². The van der Waals surface area contributed by atoms with Crippen LogP contribution < -0.4 is 11.1 Å². The number of nitrogens with one attached hydrogen (secondary N) is 1. The minimum absolute atomic E-state index is 0.140. The van der Waals surface area contributed by atoms with Gasteiger partial charge in [0.15, 0.2) is 0 Å². The second-order valence-electron chi connectivity index (χ2n) is 7.12. The summed E-state index contributed by atoms with van der Waals surface area (Å²) >= 11 is 0. The van der Waals surface area contributed by atoms with Crippen LogP contribution in [0, 0.1) is 11.3 Å². The van der Waals surface area contributed by atoms with Crippen LogP contribution in [0.3, 0.4) is 0 Å². The Morgan fingerprint density at radius 2 is 1.35 bits per heavy atom. The zero-order chi connectivity index (χ0) is 21.7. The van der Waals surface area contributed by atoms with Crippen molar-refractivity contribution < 1.29 is 4.79 Å². The van der Waals surface area contributed by atoms with Crippen molar-refractivity contribution in [1.29, 1.82) is 5.26 Å². The summed E-state index contributed by atoms with van der Waals surface area (Å²) in [6, 6.07) is 32.1. The van der Waals surface area contributed by atoms with Gasteiger partial charge in [0.25, 0.3) is 0 Å². The number of benzene rings is 3. The van der Waals surface area contributed by atoms with E-state index in [0.717, 1.165) is 16.7 Å². The van der Waals surface area contributed by atoms with Crippen LogP contribution in [0.25, 0.3) is 0 Å². The number of hydrogen-bond acceptors (Lipinski definition) is 4. The average Bonchev–Trinajstić information content (AvgIpc) is 3.19. The predicted molar refractivity (Wildman–Crippen MR) is 119 cm³/mol. The maximum atomic E-state index is 11.6. The maximum Gasteiger partial charge on any atom is 0.239 e. The number of nitrogens with two attached hydrogens (primary N) is 1. The Bertz CT molecular complexity index is 1110. The highest BCUT2D eigenvalue weighted by molar-refractivity contribution is 5.74. The molecule has 4 aromatic rings. The molecule has 3 N–H and O–H groups in total. The lowest BCUT2D eigenvalue weighted by atomic mass is 9.77. The maximum absolute atomic E-state index is 11.6. The number of carbonyl (C=O) groups excluding carboxylic acids is 1. The standard InChI is InChI=1S/C25H21N5O/c26-16-19-17-28-30(18-23(27)31)24(19)29-25(20-10-4-1-5-11-20,21-12-6-2-7-13-21)22-14-8-3-9-15-22/h1-15,17,29H,18H2,(H2,27,31). The van der Waals surface area contributed by atoms with Crippen LogP contribution in [0.1, 0.15) is 22.3 Å². The molecular weight excluding hydrogens is 386 g/mol. The Morgan fingerprint density at radius 3 is 1.74 bits per heavy atom. The minimum atomic E-state index is -0.842. The van der Waals surface area contributed by atoms with E-state index in [9.17, 15) is 10.1 Å².